The minimum Gasteiger partial charge on any atom is -0.342 e. The Labute approximate surface area is 169 Å². The molecule has 0 bridgehead atoms. The second kappa shape index (κ2) is 7.66. The number of carbonyl (C=O) groups is 2. The molecule has 0 saturated carbocycles. The molecule has 0 radical (unpaired) electrons. The first-order chi connectivity index (χ1) is 14.0. The van der Waals surface area contributed by atoms with Crippen molar-refractivity contribution >= 4 is 22.8 Å². The van der Waals surface area contributed by atoms with Gasteiger partial charge in [-0.25, -0.2) is 4.98 Å². The molecule has 29 heavy (non-hydrogen) atoms. The smallest absolute Gasteiger partial charge is 0.254 e. The fourth-order valence-corrected chi connectivity index (χ4v) is 3.88. The minimum atomic E-state index is -0.387. The Kier molecular flexibility index (Phi) is 5.05. The van der Waals surface area contributed by atoms with Crippen LogP contribution in [0.25, 0.3) is 22.2 Å². The zero-order valence-electron chi connectivity index (χ0n) is 17.0. The summed E-state index contributed by atoms with van der Waals surface area (Å²) < 4.78 is 0. The van der Waals surface area contributed by atoms with Crippen LogP contribution in [0.3, 0.4) is 0 Å². The van der Waals surface area contributed by atoms with Gasteiger partial charge in [-0.15, -0.1) is 0 Å². The molecule has 2 aromatic heterocycles. The third kappa shape index (κ3) is 3.48. The summed E-state index contributed by atoms with van der Waals surface area (Å²) in [6.07, 6.45) is 3.30. The van der Waals surface area contributed by atoms with E-state index in [1.54, 1.807) is 23.0 Å². The first kappa shape index (κ1) is 19.1. The number of nitrogens with one attached hydrogen (secondary N) is 1. The molecule has 0 aliphatic carbocycles. The Morgan fingerprint density at radius 1 is 1.24 bits per heavy atom. The number of benzene rings is 1. The molecule has 3 aromatic rings. The topological polar surface area (TPSA) is 82.2 Å². The summed E-state index contributed by atoms with van der Waals surface area (Å²) in [5, 5.41) is 8.07. The average Bonchev–Trinajstić information content (AvgIpc) is 3.11. The van der Waals surface area contributed by atoms with Crippen molar-refractivity contribution in [1.29, 1.82) is 0 Å². The van der Waals surface area contributed by atoms with E-state index in [-0.39, 0.29) is 17.9 Å². The third-order valence-corrected chi connectivity index (χ3v) is 5.58. The van der Waals surface area contributed by atoms with Crippen LogP contribution in [0, 0.1) is 6.92 Å². The second-order valence-corrected chi connectivity index (χ2v) is 7.59. The maximum atomic E-state index is 13.3. The van der Waals surface area contributed by atoms with Crippen LogP contribution >= 0.6 is 0 Å². The maximum absolute atomic E-state index is 13.3. The van der Waals surface area contributed by atoms with Crippen LogP contribution in [-0.2, 0) is 4.79 Å². The molecule has 7 heteroatoms. The normalized spacial score (nSPS) is 17.2. The molecule has 150 valence electrons. The summed E-state index contributed by atoms with van der Waals surface area (Å²) in [5.74, 6) is -0.0760. The van der Waals surface area contributed by atoms with E-state index >= 15 is 0 Å². The third-order valence-electron chi connectivity index (χ3n) is 5.58. The molecular weight excluding hydrogens is 366 g/mol. The molecule has 1 atom stereocenters. The maximum Gasteiger partial charge on any atom is 0.254 e. The van der Waals surface area contributed by atoms with Crippen molar-refractivity contribution in [2.75, 3.05) is 20.1 Å². The van der Waals surface area contributed by atoms with E-state index in [0.29, 0.717) is 30.7 Å². The van der Waals surface area contributed by atoms with Crippen LogP contribution in [-0.4, -0.2) is 63.0 Å². The largest absolute Gasteiger partial charge is 0.342 e. The number of piperazine rings is 1. The summed E-state index contributed by atoms with van der Waals surface area (Å²) in [5.41, 5.74) is 4.07. The molecule has 1 saturated heterocycles. The SMILES string of the molecule is CCCC1C(=O)N(C)CCN1C(=O)c1cccc(-c2cnc3n[nH]c(C)c3c2)c1. The summed E-state index contributed by atoms with van der Waals surface area (Å²) >= 11 is 0. The van der Waals surface area contributed by atoms with Gasteiger partial charge in [0.15, 0.2) is 5.65 Å². The number of H-pyrrole nitrogens is 1. The monoisotopic (exact) mass is 391 g/mol. The minimum absolute atomic E-state index is 0.0210. The molecule has 1 unspecified atom stereocenters. The number of likely N-dealkylation sites (N-methyl/N-ethyl adjacent to an activating group) is 1. The fraction of sp³-hybridized carbons (Fsp3) is 0.364. The van der Waals surface area contributed by atoms with Crippen LogP contribution in [0.15, 0.2) is 36.5 Å². The van der Waals surface area contributed by atoms with Gasteiger partial charge in [0.05, 0.1) is 0 Å². The molecule has 1 fully saturated rings. The zero-order valence-corrected chi connectivity index (χ0v) is 17.0. The lowest BCUT2D eigenvalue weighted by atomic mass is 10.0. The summed E-state index contributed by atoms with van der Waals surface area (Å²) in [6.45, 7) is 5.10. The molecule has 1 aliphatic heterocycles. The molecule has 1 N–H and O–H groups in total. The van der Waals surface area contributed by atoms with Crippen LogP contribution in [0.5, 0.6) is 0 Å². The molecule has 2 amide bonds. The highest BCUT2D eigenvalue weighted by atomic mass is 16.2. The van der Waals surface area contributed by atoms with Gasteiger partial charge in [0.1, 0.15) is 6.04 Å². The molecule has 7 nitrogen and oxygen atoms in total. The highest BCUT2D eigenvalue weighted by Crippen LogP contribution is 2.26. The van der Waals surface area contributed by atoms with E-state index in [9.17, 15) is 9.59 Å². The number of hydrogen-bond acceptors (Lipinski definition) is 4. The van der Waals surface area contributed by atoms with Gasteiger partial charge < -0.3 is 9.80 Å². The number of pyridine rings is 1. The Hall–Kier alpha value is -3.22. The van der Waals surface area contributed by atoms with Gasteiger partial charge in [-0.2, -0.15) is 5.10 Å². The highest BCUT2D eigenvalue weighted by molar-refractivity contribution is 5.99. The van der Waals surface area contributed by atoms with Crippen LogP contribution in [0.4, 0.5) is 0 Å². The predicted molar refractivity (Wildman–Crippen MR) is 111 cm³/mol. The number of rotatable bonds is 4. The zero-order chi connectivity index (χ0) is 20.5. The Balaban J connectivity index is 1.66. The van der Waals surface area contributed by atoms with Gasteiger partial charge in [0.25, 0.3) is 5.91 Å². The number of fused-ring (bicyclic) bond motifs is 1. The van der Waals surface area contributed by atoms with Gasteiger partial charge in [-0.3, -0.25) is 14.7 Å². The number of aryl methyl sites for hydroxylation is 1. The van der Waals surface area contributed by atoms with Crippen molar-refractivity contribution in [2.45, 2.75) is 32.7 Å². The Bertz CT molecular complexity index is 1070. The second-order valence-electron chi connectivity index (χ2n) is 7.59. The summed E-state index contributed by atoms with van der Waals surface area (Å²) in [4.78, 5) is 33.7. The molecule has 3 heterocycles. The van der Waals surface area contributed by atoms with Gasteiger partial charge in [-0.05, 0) is 37.1 Å². The molecule has 0 spiro atoms. The van der Waals surface area contributed by atoms with Gasteiger partial charge in [0, 0.05) is 48.5 Å². The van der Waals surface area contributed by atoms with Crippen LogP contribution in [0.1, 0.15) is 35.8 Å². The van der Waals surface area contributed by atoms with Crippen LogP contribution in [0.2, 0.25) is 0 Å². The first-order valence-electron chi connectivity index (χ1n) is 9.96. The van der Waals surface area contributed by atoms with Crippen molar-refractivity contribution in [3.63, 3.8) is 0 Å². The molecule has 4 rings (SSSR count). The standard InChI is InChI=1S/C22H25N5O2/c1-4-6-19-22(29)26(3)9-10-27(19)21(28)16-8-5-7-15(11-16)17-12-18-14(2)24-25-20(18)23-13-17/h5,7-8,11-13,19H,4,6,9-10H2,1-3H3,(H,23,24,25). The van der Waals surface area contributed by atoms with E-state index < -0.39 is 0 Å². The number of hydrogen-bond donors (Lipinski definition) is 1. The van der Waals surface area contributed by atoms with E-state index in [1.807, 2.05) is 44.2 Å². The number of aromatic nitrogens is 3. The number of amides is 2. The highest BCUT2D eigenvalue weighted by Gasteiger charge is 2.35. The average molecular weight is 391 g/mol. The summed E-state index contributed by atoms with van der Waals surface area (Å²) in [7, 11) is 1.80. The first-order valence-corrected chi connectivity index (χ1v) is 9.96. The van der Waals surface area contributed by atoms with E-state index in [2.05, 4.69) is 15.2 Å². The van der Waals surface area contributed by atoms with Gasteiger partial charge >= 0.3 is 0 Å². The lowest BCUT2D eigenvalue weighted by Gasteiger charge is -2.39. The molecular formula is C22H25N5O2. The van der Waals surface area contributed by atoms with E-state index in [1.165, 1.54) is 0 Å². The van der Waals surface area contributed by atoms with Crippen molar-refractivity contribution < 1.29 is 9.59 Å². The van der Waals surface area contributed by atoms with E-state index in [4.69, 9.17) is 0 Å². The van der Waals surface area contributed by atoms with Gasteiger partial charge in [-0.1, -0.05) is 25.5 Å². The number of nitrogens with zero attached hydrogens (tertiary/aromatic N) is 4. The Morgan fingerprint density at radius 3 is 2.86 bits per heavy atom. The lowest BCUT2D eigenvalue weighted by molar-refractivity contribution is -0.138. The predicted octanol–water partition coefficient (Wildman–Crippen LogP) is 3.02. The van der Waals surface area contributed by atoms with E-state index in [0.717, 1.165) is 28.6 Å². The van der Waals surface area contributed by atoms with Crippen molar-refractivity contribution in [3.8, 4) is 11.1 Å². The lowest BCUT2D eigenvalue weighted by Crippen LogP contribution is -2.57. The van der Waals surface area contributed by atoms with Crippen molar-refractivity contribution in [3.05, 3.63) is 47.8 Å². The van der Waals surface area contributed by atoms with Crippen molar-refractivity contribution in [1.82, 2.24) is 25.0 Å². The summed E-state index contributed by atoms with van der Waals surface area (Å²) in [6, 6.07) is 9.18. The number of aromatic amines is 1. The number of carbonyl (C=O) groups excluding carboxylic acids is 2. The van der Waals surface area contributed by atoms with Crippen molar-refractivity contribution in [2.24, 2.45) is 0 Å². The van der Waals surface area contributed by atoms with Gasteiger partial charge in [0.2, 0.25) is 5.91 Å². The quantitative estimate of drug-likeness (QED) is 0.741. The fourth-order valence-electron chi connectivity index (χ4n) is 3.88. The van der Waals surface area contributed by atoms with Crippen LogP contribution < -0.4 is 0 Å². The molecule has 1 aliphatic rings. The Morgan fingerprint density at radius 2 is 2.07 bits per heavy atom. The molecule has 1 aromatic carbocycles.